The molecule has 1 heterocycles. The minimum atomic E-state index is -0.511. The second kappa shape index (κ2) is 8.66. The molecule has 1 N–H and O–H groups in total. The Morgan fingerprint density at radius 2 is 2.11 bits per heavy atom. The highest BCUT2D eigenvalue weighted by atomic mass is 79.9. The average molecular weight is 464 g/mol. The maximum atomic E-state index is 11.7. The van der Waals surface area contributed by atoms with E-state index in [1.807, 2.05) is 32.0 Å². The van der Waals surface area contributed by atoms with Crippen LogP contribution in [0.5, 0.6) is 0 Å². The number of rotatable bonds is 6. The van der Waals surface area contributed by atoms with Crippen LogP contribution in [-0.2, 0) is 21.8 Å². The van der Waals surface area contributed by atoms with E-state index in [1.54, 1.807) is 0 Å². The Kier molecular flexibility index (Phi) is 6.46. The van der Waals surface area contributed by atoms with Gasteiger partial charge in [0.15, 0.2) is 5.60 Å². The lowest BCUT2D eigenvalue weighted by Crippen LogP contribution is -2.23. The molecule has 0 fully saturated rings. The van der Waals surface area contributed by atoms with E-state index in [0.29, 0.717) is 24.4 Å². The molecule has 4 nitrogen and oxygen atoms in total. The van der Waals surface area contributed by atoms with Crippen LogP contribution in [0.2, 0.25) is 5.02 Å². The first-order valence-electron chi connectivity index (χ1n) is 9.39. The molecule has 0 bridgehead atoms. The number of nitrogens with zero attached hydrogens (tertiary/aromatic N) is 1. The summed E-state index contributed by atoms with van der Waals surface area (Å²) < 4.78 is 1.03. The molecule has 0 aliphatic carbocycles. The van der Waals surface area contributed by atoms with Crippen molar-refractivity contribution in [3.8, 4) is 0 Å². The smallest absolute Gasteiger partial charge is 0.220 e. The summed E-state index contributed by atoms with van der Waals surface area (Å²) in [6.07, 6.45) is 2.01. The van der Waals surface area contributed by atoms with Gasteiger partial charge < -0.3 is 10.2 Å². The SMILES string of the molecule is CCCC(=O)NCc1ccc(C2=NOC(C)(c3cc(C)cc(Br)c3)C2)cc1Cl. The number of halogens is 2. The third kappa shape index (κ3) is 4.76. The predicted molar refractivity (Wildman–Crippen MR) is 117 cm³/mol. The molecule has 2 aromatic carbocycles. The van der Waals surface area contributed by atoms with E-state index < -0.39 is 5.60 Å². The predicted octanol–water partition coefficient (Wildman–Crippen LogP) is 5.87. The van der Waals surface area contributed by atoms with Crippen molar-refractivity contribution in [3.63, 3.8) is 0 Å². The van der Waals surface area contributed by atoms with Crippen LogP contribution in [0.1, 0.15) is 55.4 Å². The fourth-order valence-electron chi connectivity index (χ4n) is 3.27. The molecule has 0 aromatic heterocycles. The first-order valence-corrected chi connectivity index (χ1v) is 10.6. The number of aryl methyl sites for hydroxylation is 1. The normalized spacial score (nSPS) is 18.5. The highest BCUT2D eigenvalue weighted by Crippen LogP contribution is 2.38. The third-order valence-corrected chi connectivity index (χ3v) is 5.66. The lowest BCUT2D eigenvalue weighted by atomic mass is 9.88. The molecular formula is C22H24BrClN2O2. The van der Waals surface area contributed by atoms with Gasteiger partial charge in [-0.05, 0) is 55.2 Å². The summed E-state index contributed by atoms with van der Waals surface area (Å²) in [7, 11) is 0. The molecule has 1 unspecified atom stereocenters. The van der Waals surface area contributed by atoms with Crippen LogP contribution in [0.4, 0.5) is 0 Å². The van der Waals surface area contributed by atoms with Crippen molar-refractivity contribution in [3.05, 3.63) is 68.1 Å². The summed E-state index contributed by atoms with van der Waals surface area (Å²) in [5, 5.41) is 7.84. The fraction of sp³-hybridized carbons (Fsp3) is 0.364. The van der Waals surface area contributed by atoms with E-state index in [0.717, 1.165) is 33.3 Å². The van der Waals surface area contributed by atoms with Crippen LogP contribution in [-0.4, -0.2) is 11.6 Å². The number of carbonyl (C=O) groups is 1. The molecule has 0 saturated carbocycles. The summed E-state index contributed by atoms with van der Waals surface area (Å²) >= 11 is 10.0. The number of carbonyl (C=O) groups excluding carboxylic acids is 1. The maximum absolute atomic E-state index is 11.7. The zero-order valence-electron chi connectivity index (χ0n) is 16.3. The highest BCUT2D eigenvalue weighted by Gasteiger charge is 2.37. The summed E-state index contributed by atoms with van der Waals surface area (Å²) in [6.45, 7) is 6.51. The molecule has 2 aromatic rings. The lowest BCUT2D eigenvalue weighted by molar-refractivity contribution is -0.121. The second-order valence-corrected chi connectivity index (χ2v) is 8.71. The van der Waals surface area contributed by atoms with Gasteiger partial charge in [0.25, 0.3) is 0 Å². The summed E-state index contributed by atoms with van der Waals surface area (Å²) in [4.78, 5) is 17.5. The van der Waals surface area contributed by atoms with Crippen molar-refractivity contribution in [1.82, 2.24) is 5.32 Å². The molecule has 6 heteroatoms. The van der Waals surface area contributed by atoms with Gasteiger partial charge in [0.2, 0.25) is 5.91 Å². The van der Waals surface area contributed by atoms with Gasteiger partial charge in [-0.3, -0.25) is 4.79 Å². The molecule has 0 saturated heterocycles. The van der Waals surface area contributed by atoms with E-state index in [2.05, 4.69) is 51.5 Å². The van der Waals surface area contributed by atoms with E-state index in [-0.39, 0.29) is 5.91 Å². The molecular weight excluding hydrogens is 440 g/mol. The number of oxime groups is 1. The Hall–Kier alpha value is -1.85. The van der Waals surface area contributed by atoms with Gasteiger partial charge in [-0.2, -0.15) is 0 Å². The topological polar surface area (TPSA) is 50.7 Å². The van der Waals surface area contributed by atoms with Gasteiger partial charge in [-0.1, -0.05) is 57.8 Å². The zero-order chi connectivity index (χ0) is 20.3. The van der Waals surface area contributed by atoms with Crippen LogP contribution in [0, 0.1) is 6.92 Å². The monoisotopic (exact) mass is 462 g/mol. The third-order valence-electron chi connectivity index (χ3n) is 4.85. The molecule has 28 heavy (non-hydrogen) atoms. The van der Waals surface area contributed by atoms with Crippen LogP contribution >= 0.6 is 27.5 Å². The molecule has 3 rings (SSSR count). The van der Waals surface area contributed by atoms with Gasteiger partial charge in [-0.15, -0.1) is 0 Å². The second-order valence-electron chi connectivity index (χ2n) is 7.39. The van der Waals surface area contributed by atoms with Crippen molar-refractivity contribution < 1.29 is 9.63 Å². The van der Waals surface area contributed by atoms with Crippen molar-refractivity contribution in [2.75, 3.05) is 0 Å². The van der Waals surface area contributed by atoms with Crippen molar-refractivity contribution >= 4 is 39.1 Å². The molecule has 1 atom stereocenters. The minimum absolute atomic E-state index is 0.0382. The Labute approximate surface area is 179 Å². The van der Waals surface area contributed by atoms with Crippen LogP contribution in [0.25, 0.3) is 0 Å². The standard InChI is InChI=1S/C22H24BrClN2O2/c1-4-5-21(27)25-13-16-7-6-15(10-19(16)24)20-12-22(3,28-26-20)17-8-14(2)9-18(23)11-17/h6-11H,4-5,12-13H2,1-3H3,(H,25,27). The number of hydrogen-bond acceptors (Lipinski definition) is 3. The van der Waals surface area contributed by atoms with Crippen molar-refractivity contribution in [2.24, 2.45) is 5.16 Å². The molecule has 1 aliphatic heterocycles. The van der Waals surface area contributed by atoms with Gasteiger partial charge >= 0.3 is 0 Å². The Balaban J connectivity index is 1.73. The Bertz CT molecular complexity index is 908. The first kappa shape index (κ1) is 20.9. The van der Waals surface area contributed by atoms with Gasteiger partial charge in [0.1, 0.15) is 0 Å². The number of amides is 1. The van der Waals surface area contributed by atoms with E-state index >= 15 is 0 Å². The van der Waals surface area contributed by atoms with Gasteiger partial charge in [0.05, 0.1) is 5.71 Å². The number of benzene rings is 2. The fourth-order valence-corrected chi connectivity index (χ4v) is 4.13. The van der Waals surface area contributed by atoms with Crippen molar-refractivity contribution in [2.45, 2.75) is 52.2 Å². The zero-order valence-corrected chi connectivity index (χ0v) is 18.7. The van der Waals surface area contributed by atoms with Crippen LogP contribution in [0.15, 0.2) is 46.0 Å². The summed E-state index contributed by atoms with van der Waals surface area (Å²) in [6, 6.07) is 12.1. The first-order chi connectivity index (χ1) is 13.3. The van der Waals surface area contributed by atoms with Crippen LogP contribution < -0.4 is 5.32 Å². The molecule has 148 valence electrons. The summed E-state index contributed by atoms with van der Waals surface area (Å²) in [5.74, 6) is 0.0382. The molecule has 0 spiro atoms. The van der Waals surface area contributed by atoms with E-state index in [9.17, 15) is 4.79 Å². The van der Waals surface area contributed by atoms with Crippen molar-refractivity contribution in [1.29, 1.82) is 0 Å². The maximum Gasteiger partial charge on any atom is 0.220 e. The average Bonchev–Trinajstić information content (AvgIpc) is 3.04. The van der Waals surface area contributed by atoms with Crippen LogP contribution in [0.3, 0.4) is 0 Å². The Morgan fingerprint density at radius 3 is 2.79 bits per heavy atom. The van der Waals surface area contributed by atoms with Gasteiger partial charge in [-0.25, -0.2) is 0 Å². The van der Waals surface area contributed by atoms with Gasteiger partial charge in [0, 0.05) is 34.4 Å². The molecule has 1 aliphatic rings. The highest BCUT2D eigenvalue weighted by molar-refractivity contribution is 9.10. The largest absolute Gasteiger partial charge is 0.384 e. The number of hydrogen-bond donors (Lipinski definition) is 1. The minimum Gasteiger partial charge on any atom is -0.384 e. The lowest BCUT2D eigenvalue weighted by Gasteiger charge is -2.22. The quantitative estimate of drug-likeness (QED) is 0.582. The number of nitrogens with one attached hydrogen (secondary N) is 1. The van der Waals surface area contributed by atoms with E-state index in [1.165, 1.54) is 5.56 Å². The molecule has 0 radical (unpaired) electrons. The molecule has 1 amide bonds. The Morgan fingerprint density at radius 1 is 1.32 bits per heavy atom. The van der Waals surface area contributed by atoms with E-state index in [4.69, 9.17) is 16.4 Å². The summed E-state index contributed by atoms with van der Waals surface area (Å²) in [5.41, 5.74) is 4.43.